The smallest absolute Gasteiger partial charge is 0.293 e. The molecule has 0 atom stereocenters. The molecule has 0 aliphatic carbocycles. The Balaban J connectivity index is 2.02. The highest BCUT2D eigenvalue weighted by molar-refractivity contribution is 5.99. The van der Waals surface area contributed by atoms with Gasteiger partial charge in [-0.3, -0.25) is 30.6 Å². The van der Waals surface area contributed by atoms with Crippen molar-refractivity contribution in [2.45, 2.75) is 6.92 Å². The number of nitrogens with zero attached hydrogens (tertiary/aromatic N) is 1. The van der Waals surface area contributed by atoms with Crippen LogP contribution in [-0.2, 0) is 0 Å². The summed E-state index contributed by atoms with van der Waals surface area (Å²) in [6, 6.07) is 10.3. The van der Waals surface area contributed by atoms with E-state index in [1.54, 1.807) is 31.3 Å². The third-order valence-corrected chi connectivity index (χ3v) is 3.44. The third-order valence-electron chi connectivity index (χ3n) is 3.44. The fraction of sp³-hybridized carbons (Fsp3) is 0.176. The van der Waals surface area contributed by atoms with Gasteiger partial charge < -0.3 is 10.1 Å². The van der Waals surface area contributed by atoms with Crippen LogP contribution in [0.25, 0.3) is 0 Å². The minimum Gasteiger partial charge on any atom is -0.494 e. The first-order valence-corrected chi connectivity index (χ1v) is 7.76. The number of benzene rings is 2. The van der Waals surface area contributed by atoms with Crippen LogP contribution in [-0.4, -0.2) is 30.4 Å². The summed E-state index contributed by atoms with van der Waals surface area (Å²) in [4.78, 5) is 34.6. The van der Waals surface area contributed by atoms with Gasteiger partial charge >= 0.3 is 0 Å². The molecule has 0 radical (unpaired) electrons. The lowest BCUT2D eigenvalue weighted by Gasteiger charge is -2.09. The number of ether oxygens (including phenoxy) is 1. The van der Waals surface area contributed by atoms with Crippen molar-refractivity contribution in [3.63, 3.8) is 0 Å². The number of nitro benzene ring substituents is 1. The molecule has 0 saturated carbocycles. The van der Waals surface area contributed by atoms with Gasteiger partial charge in [0.2, 0.25) is 0 Å². The van der Waals surface area contributed by atoms with E-state index in [0.717, 1.165) is 6.07 Å². The molecule has 136 valence electrons. The summed E-state index contributed by atoms with van der Waals surface area (Å²) in [5, 5.41) is 13.7. The average Bonchev–Trinajstić information content (AvgIpc) is 2.66. The summed E-state index contributed by atoms with van der Waals surface area (Å²) in [5.74, 6) is -0.567. The van der Waals surface area contributed by atoms with Crippen molar-refractivity contribution in [1.82, 2.24) is 10.9 Å². The maximum Gasteiger partial charge on any atom is 0.293 e. The van der Waals surface area contributed by atoms with Crippen LogP contribution in [0.1, 0.15) is 27.6 Å². The molecule has 0 unspecified atom stereocenters. The number of nitrogens with one attached hydrogen (secondary N) is 3. The van der Waals surface area contributed by atoms with Crippen LogP contribution in [0.3, 0.4) is 0 Å². The summed E-state index contributed by atoms with van der Waals surface area (Å²) in [7, 11) is 1.54. The Morgan fingerprint density at radius 1 is 1.04 bits per heavy atom. The van der Waals surface area contributed by atoms with E-state index in [4.69, 9.17) is 4.74 Å². The molecule has 26 heavy (non-hydrogen) atoms. The zero-order valence-corrected chi connectivity index (χ0v) is 14.2. The van der Waals surface area contributed by atoms with Crippen LogP contribution >= 0.6 is 0 Å². The Morgan fingerprint density at radius 2 is 1.62 bits per heavy atom. The second kappa shape index (κ2) is 8.47. The number of hydrogen-bond donors (Lipinski definition) is 3. The predicted octanol–water partition coefficient (Wildman–Crippen LogP) is 2.11. The number of amides is 2. The molecule has 2 aromatic rings. The van der Waals surface area contributed by atoms with Crippen molar-refractivity contribution in [2.75, 3.05) is 19.0 Å². The number of carbonyl (C=O) groups is 2. The van der Waals surface area contributed by atoms with Crippen molar-refractivity contribution < 1.29 is 19.2 Å². The SMILES string of the molecule is CCOc1ccc(C(=O)NNC(=O)c2ccc(NC)c([N+](=O)[O-])c2)cc1. The minimum atomic E-state index is -0.671. The van der Waals surface area contributed by atoms with E-state index in [-0.39, 0.29) is 16.9 Å². The maximum absolute atomic E-state index is 12.1. The zero-order valence-electron chi connectivity index (χ0n) is 14.2. The molecule has 2 aromatic carbocycles. The Morgan fingerprint density at radius 3 is 2.15 bits per heavy atom. The average molecular weight is 358 g/mol. The molecule has 9 nitrogen and oxygen atoms in total. The van der Waals surface area contributed by atoms with Gasteiger partial charge in [-0.05, 0) is 43.3 Å². The van der Waals surface area contributed by atoms with Crippen molar-refractivity contribution >= 4 is 23.2 Å². The van der Waals surface area contributed by atoms with E-state index in [1.807, 2.05) is 6.92 Å². The number of carbonyl (C=O) groups excluding carboxylic acids is 2. The first-order chi connectivity index (χ1) is 12.5. The van der Waals surface area contributed by atoms with E-state index >= 15 is 0 Å². The van der Waals surface area contributed by atoms with Gasteiger partial charge in [0.05, 0.1) is 11.5 Å². The van der Waals surface area contributed by atoms with Gasteiger partial charge in [0.25, 0.3) is 17.5 Å². The number of nitro groups is 1. The van der Waals surface area contributed by atoms with E-state index in [2.05, 4.69) is 16.2 Å². The summed E-state index contributed by atoms with van der Waals surface area (Å²) in [5.41, 5.74) is 4.90. The third kappa shape index (κ3) is 4.47. The summed E-state index contributed by atoms with van der Waals surface area (Å²) in [6.45, 7) is 2.36. The standard InChI is InChI=1S/C17H18N4O5/c1-3-26-13-7-4-11(5-8-13)16(22)19-20-17(23)12-6-9-14(18-2)15(10-12)21(24)25/h4-10,18H,3H2,1-2H3,(H,19,22)(H,20,23). The normalized spacial score (nSPS) is 9.92. The summed E-state index contributed by atoms with van der Waals surface area (Å²) < 4.78 is 5.28. The van der Waals surface area contributed by atoms with Gasteiger partial charge in [-0.25, -0.2) is 0 Å². The Bertz CT molecular complexity index is 820. The Kier molecular flexibility index (Phi) is 6.10. The Labute approximate surface area is 149 Å². The quantitative estimate of drug-likeness (QED) is 0.537. The fourth-order valence-electron chi connectivity index (χ4n) is 2.16. The van der Waals surface area contributed by atoms with E-state index < -0.39 is 16.7 Å². The van der Waals surface area contributed by atoms with E-state index in [0.29, 0.717) is 17.9 Å². The number of anilines is 1. The van der Waals surface area contributed by atoms with Crippen LogP contribution < -0.4 is 20.9 Å². The van der Waals surface area contributed by atoms with Crippen molar-refractivity contribution in [3.05, 3.63) is 63.7 Å². The molecular weight excluding hydrogens is 340 g/mol. The molecule has 3 N–H and O–H groups in total. The van der Waals surface area contributed by atoms with Gasteiger partial charge in [0, 0.05) is 24.2 Å². The number of rotatable bonds is 6. The van der Waals surface area contributed by atoms with Gasteiger partial charge in [-0.2, -0.15) is 0 Å². The molecule has 0 aliphatic heterocycles. The van der Waals surface area contributed by atoms with E-state index in [1.165, 1.54) is 12.1 Å². The second-order valence-corrected chi connectivity index (χ2v) is 5.10. The molecule has 0 saturated heterocycles. The van der Waals surface area contributed by atoms with Gasteiger partial charge in [-0.15, -0.1) is 0 Å². The van der Waals surface area contributed by atoms with Crippen molar-refractivity contribution in [1.29, 1.82) is 0 Å². The number of hydrogen-bond acceptors (Lipinski definition) is 6. The van der Waals surface area contributed by atoms with Crippen LogP contribution in [0.15, 0.2) is 42.5 Å². The van der Waals surface area contributed by atoms with Crippen LogP contribution in [0.5, 0.6) is 5.75 Å². The largest absolute Gasteiger partial charge is 0.494 e. The van der Waals surface area contributed by atoms with Crippen LogP contribution in [0.4, 0.5) is 11.4 Å². The molecule has 0 fully saturated rings. The van der Waals surface area contributed by atoms with Crippen LogP contribution in [0.2, 0.25) is 0 Å². The molecule has 0 heterocycles. The topological polar surface area (TPSA) is 123 Å². The molecule has 2 amide bonds. The first-order valence-electron chi connectivity index (χ1n) is 7.76. The molecule has 0 bridgehead atoms. The fourth-order valence-corrected chi connectivity index (χ4v) is 2.16. The lowest BCUT2D eigenvalue weighted by Crippen LogP contribution is -2.41. The minimum absolute atomic E-state index is 0.0442. The number of hydrazine groups is 1. The highest BCUT2D eigenvalue weighted by Gasteiger charge is 2.17. The molecule has 2 rings (SSSR count). The monoisotopic (exact) mass is 358 g/mol. The van der Waals surface area contributed by atoms with Gasteiger partial charge in [-0.1, -0.05) is 0 Å². The summed E-state index contributed by atoms with van der Waals surface area (Å²) in [6.07, 6.45) is 0. The molecule has 9 heteroatoms. The zero-order chi connectivity index (χ0) is 19.1. The Hall–Kier alpha value is -3.62. The highest BCUT2D eigenvalue weighted by Crippen LogP contribution is 2.24. The second-order valence-electron chi connectivity index (χ2n) is 5.10. The lowest BCUT2D eigenvalue weighted by molar-refractivity contribution is -0.384. The predicted molar refractivity (Wildman–Crippen MR) is 95.2 cm³/mol. The first kappa shape index (κ1) is 18.7. The molecular formula is C17H18N4O5. The van der Waals surface area contributed by atoms with Gasteiger partial charge in [0.1, 0.15) is 11.4 Å². The van der Waals surface area contributed by atoms with E-state index in [9.17, 15) is 19.7 Å². The van der Waals surface area contributed by atoms with Gasteiger partial charge in [0.15, 0.2) is 0 Å². The van der Waals surface area contributed by atoms with Crippen molar-refractivity contribution in [3.8, 4) is 5.75 Å². The van der Waals surface area contributed by atoms with Crippen molar-refractivity contribution in [2.24, 2.45) is 0 Å². The lowest BCUT2D eigenvalue weighted by atomic mass is 10.1. The molecule has 0 spiro atoms. The molecule has 0 aliphatic rings. The maximum atomic E-state index is 12.1. The summed E-state index contributed by atoms with van der Waals surface area (Å²) >= 11 is 0. The highest BCUT2D eigenvalue weighted by atomic mass is 16.6. The molecule has 0 aromatic heterocycles. The van der Waals surface area contributed by atoms with Crippen LogP contribution in [0, 0.1) is 10.1 Å².